The van der Waals surface area contributed by atoms with Gasteiger partial charge in [0.2, 0.25) is 5.91 Å². The standard InChI is InChI=1S/C23H25ClN4O3/c1-3-27(4-2)23(30)20-16-25-28(18-8-6-5-7-9-18)22(20)26-21(29)14-15-31-19-12-10-17(24)11-13-19/h5-13,16H,3-4,14-15H2,1-2H3,(H,26,29). The number of benzene rings is 2. The molecule has 0 aliphatic heterocycles. The van der Waals surface area contributed by atoms with Gasteiger partial charge >= 0.3 is 0 Å². The molecule has 0 fully saturated rings. The number of carbonyl (C=O) groups excluding carboxylic acids is 2. The number of nitrogens with one attached hydrogen (secondary N) is 1. The van der Waals surface area contributed by atoms with Gasteiger partial charge in [-0.2, -0.15) is 5.10 Å². The Morgan fingerprint density at radius 3 is 2.39 bits per heavy atom. The summed E-state index contributed by atoms with van der Waals surface area (Å²) in [7, 11) is 0. The van der Waals surface area contributed by atoms with Crippen LogP contribution in [-0.4, -0.2) is 46.2 Å². The van der Waals surface area contributed by atoms with Crippen molar-refractivity contribution in [3.63, 3.8) is 0 Å². The summed E-state index contributed by atoms with van der Waals surface area (Å²) in [5, 5.41) is 7.82. The summed E-state index contributed by atoms with van der Waals surface area (Å²) in [5.41, 5.74) is 1.09. The Morgan fingerprint density at radius 1 is 1.06 bits per heavy atom. The Balaban J connectivity index is 1.77. The van der Waals surface area contributed by atoms with Gasteiger partial charge in [-0.05, 0) is 50.2 Å². The van der Waals surface area contributed by atoms with Crippen LogP contribution in [0.15, 0.2) is 60.8 Å². The molecule has 1 N–H and O–H groups in total. The fourth-order valence-electron chi connectivity index (χ4n) is 3.06. The number of halogens is 1. The molecular formula is C23H25ClN4O3. The van der Waals surface area contributed by atoms with Crippen LogP contribution in [-0.2, 0) is 4.79 Å². The highest BCUT2D eigenvalue weighted by atomic mass is 35.5. The smallest absolute Gasteiger partial charge is 0.259 e. The van der Waals surface area contributed by atoms with Gasteiger partial charge in [-0.15, -0.1) is 0 Å². The van der Waals surface area contributed by atoms with Crippen molar-refractivity contribution in [3.05, 3.63) is 71.4 Å². The second-order valence-corrected chi connectivity index (χ2v) is 7.17. The van der Waals surface area contributed by atoms with Gasteiger partial charge < -0.3 is 15.0 Å². The number of hydrogen-bond acceptors (Lipinski definition) is 4. The maximum atomic E-state index is 13.0. The molecule has 2 aromatic carbocycles. The van der Waals surface area contributed by atoms with E-state index >= 15 is 0 Å². The van der Waals surface area contributed by atoms with Crippen molar-refractivity contribution >= 4 is 29.2 Å². The average Bonchev–Trinajstić information content (AvgIpc) is 3.20. The molecule has 8 heteroatoms. The number of anilines is 1. The number of nitrogens with zero attached hydrogens (tertiary/aromatic N) is 3. The fraction of sp³-hybridized carbons (Fsp3) is 0.261. The molecule has 0 saturated heterocycles. The van der Waals surface area contributed by atoms with E-state index in [1.54, 1.807) is 33.8 Å². The fourth-order valence-corrected chi connectivity index (χ4v) is 3.18. The summed E-state index contributed by atoms with van der Waals surface area (Å²) < 4.78 is 7.16. The van der Waals surface area contributed by atoms with Gasteiger partial charge in [-0.25, -0.2) is 4.68 Å². The Kier molecular flexibility index (Phi) is 7.67. The van der Waals surface area contributed by atoms with Gasteiger partial charge in [0.15, 0.2) is 0 Å². The molecule has 0 aliphatic carbocycles. The maximum Gasteiger partial charge on any atom is 0.259 e. The molecule has 0 bridgehead atoms. The van der Waals surface area contributed by atoms with E-state index in [1.807, 2.05) is 44.2 Å². The van der Waals surface area contributed by atoms with E-state index in [9.17, 15) is 9.59 Å². The molecule has 0 atom stereocenters. The first kappa shape index (κ1) is 22.4. The van der Waals surface area contributed by atoms with Crippen LogP contribution in [0, 0.1) is 0 Å². The van der Waals surface area contributed by atoms with Crippen LogP contribution in [0.5, 0.6) is 5.75 Å². The molecule has 0 spiro atoms. The molecule has 0 radical (unpaired) electrons. The van der Waals surface area contributed by atoms with Gasteiger partial charge in [-0.3, -0.25) is 9.59 Å². The van der Waals surface area contributed by atoms with Crippen molar-refractivity contribution in [1.82, 2.24) is 14.7 Å². The van der Waals surface area contributed by atoms with Gasteiger partial charge in [0.25, 0.3) is 5.91 Å². The normalized spacial score (nSPS) is 10.5. The minimum Gasteiger partial charge on any atom is -0.493 e. The molecule has 1 heterocycles. The number of aromatic nitrogens is 2. The third-order valence-electron chi connectivity index (χ3n) is 4.72. The molecule has 1 aromatic heterocycles. The maximum absolute atomic E-state index is 13.0. The number of rotatable bonds is 9. The lowest BCUT2D eigenvalue weighted by Crippen LogP contribution is -2.31. The van der Waals surface area contributed by atoms with Crippen LogP contribution in [0.4, 0.5) is 5.82 Å². The quantitative estimate of drug-likeness (QED) is 0.534. The predicted molar refractivity (Wildman–Crippen MR) is 121 cm³/mol. The zero-order valence-corrected chi connectivity index (χ0v) is 18.3. The van der Waals surface area contributed by atoms with E-state index in [2.05, 4.69) is 10.4 Å². The highest BCUT2D eigenvalue weighted by molar-refractivity contribution is 6.30. The van der Waals surface area contributed by atoms with Gasteiger partial charge in [0.05, 0.1) is 24.9 Å². The summed E-state index contributed by atoms with van der Waals surface area (Å²) >= 11 is 5.87. The van der Waals surface area contributed by atoms with E-state index in [1.165, 1.54) is 6.20 Å². The molecule has 3 aromatic rings. The molecule has 162 valence electrons. The molecular weight excluding hydrogens is 416 g/mol. The Labute approximate surface area is 186 Å². The van der Waals surface area contributed by atoms with Crippen molar-refractivity contribution in [2.75, 3.05) is 25.0 Å². The summed E-state index contributed by atoms with van der Waals surface area (Å²) in [6.07, 6.45) is 1.61. The Hall–Kier alpha value is -3.32. The summed E-state index contributed by atoms with van der Waals surface area (Å²) in [5.74, 6) is 0.517. The second kappa shape index (κ2) is 10.6. The minimum absolute atomic E-state index is 0.113. The Morgan fingerprint density at radius 2 is 1.74 bits per heavy atom. The number of para-hydroxylation sites is 1. The topological polar surface area (TPSA) is 76.5 Å². The molecule has 0 saturated carbocycles. The summed E-state index contributed by atoms with van der Waals surface area (Å²) in [6.45, 7) is 5.14. The van der Waals surface area contributed by atoms with E-state index in [-0.39, 0.29) is 24.8 Å². The lowest BCUT2D eigenvalue weighted by atomic mass is 10.2. The minimum atomic E-state index is -0.278. The SMILES string of the molecule is CCN(CC)C(=O)c1cnn(-c2ccccc2)c1NC(=O)CCOc1ccc(Cl)cc1. The van der Waals surface area contributed by atoms with Crippen LogP contribution >= 0.6 is 11.6 Å². The first-order valence-corrected chi connectivity index (χ1v) is 10.5. The molecule has 7 nitrogen and oxygen atoms in total. The van der Waals surface area contributed by atoms with Crippen LogP contribution in [0.1, 0.15) is 30.6 Å². The van der Waals surface area contributed by atoms with Crippen LogP contribution < -0.4 is 10.1 Å². The lowest BCUT2D eigenvalue weighted by Gasteiger charge is -2.19. The molecule has 3 rings (SSSR count). The van der Waals surface area contributed by atoms with Crippen LogP contribution in [0.25, 0.3) is 5.69 Å². The Bertz CT molecular complexity index is 1020. The van der Waals surface area contributed by atoms with Crippen molar-refractivity contribution in [2.24, 2.45) is 0 Å². The average molecular weight is 441 g/mol. The highest BCUT2D eigenvalue weighted by Crippen LogP contribution is 2.22. The largest absolute Gasteiger partial charge is 0.493 e. The number of hydrogen-bond donors (Lipinski definition) is 1. The van der Waals surface area contributed by atoms with E-state index in [4.69, 9.17) is 16.3 Å². The summed E-state index contributed by atoms with van der Waals surface area (Å²) in [6, 6.07) is 16.3. The first-order chi connectivity index (χ1) is 15.0. The van der Waals surface area contributed by atoms with Gasteiger partial charge in [0.1, 0.15) is 17.1 Å². The first-order valence-electron chi connectivity index (χ1n) is 10.1. The van der Waals surface area contributed by atoms with Gasteiger partial charge in [0, 0.05) is 18.1 Å². The predicted octanol–water partition coefficient (Wildman–Crippen LogP) is 4.42. The van der Waals surface area contributed by atoms with Crippen molar-refractivity contribution in [2.45, 2.75) is 20.3 Å². The van der Waals surface area contributed by atoms with E-state index < -0.39 is 0 Å². The van der Waals surface area contributed by atoms with E-state index in [0.29, 0.717) is 35.2 Å². The number of carbonyl (C=O) groups is 2. The van der Waals surface area contributed by atoms with Gasteiger partial charge in [-0.1, -0.05) is 29.8 Å². The summed E-state index contributed by atoms with van der Waals surface area (Å²) in [4.78, 5) is 27.3. The second-order valence-electron chi connectivity index (χ2n) is 6.73. The molecule has 0 aliphatic rings. The van der Waals surface area contributed by atoms with Crippen LogP contribution in [0.2, 0.25) is 5.02 Å². The number of ether oxygens (including phenoxy) is 1. The van der Waals surface area contributed by atoms with Crippen LogP contribution in [0.3, 0.4) is 0 Å². The molecule has 31 heavy (non-hydrogen) atoms. The third-order valence-corrected chi connectivity index (χ3v) is 4.97. The third kappa shape index (κ3) is 5.64. The molecule has 0 unspecified atom stereocenters. The monoisotopic (exact) mass is 440 g/mol. The number of amides is 2. The molecule has 2 amide bonds. The zero-order chi connectivity index (χ0) is 22.2. The zero-order valence-electron chi connectivity index (χ0n) is 17.5. The lowest BCUT2D eigenvalue weighted by molar-refractivity contribution is -0.116. The van der Waals surface area contributed by atoms with Crippen molar-refractivity contribution < 1.29 is 14.3 Å². The van der Waals surface area contributed by atoms with Crippen molar-refractivity contribution in [3.8, 4) is 11.4 Å². The van der Waals surface area contributed by atoms with E-state index in [0.717, 1.165) is 5.69 Å². The highest BCUT2D eigenvalue weighted by Gasteiger charge is 2.23. The van der Waals surface area contributed by atoms with Crippen molar-refractivity contribution in [1.29, 1.82) is 0 Å².